The third kappa shape index (κ3) is 4.63. The average Bonchev–Trinajstić information content (AvgIpc) is 2.36. The van der Waals surface area contributed by atoms with Gasteiger partial charge in [-0.3, -0.25) is 10.1 Å². The van der Waals surface area contributed by atoms with E-state index in [4.69, 9.17) is 16.3 Å². The zero-order valence-electron chi connectivity index (χ0n) is 11.8. The Bertz CT molecular complexity index is 492. The van der Waals surface area contributed by atoms with E-state index < -0.39 is 10.5 Å². The van der Waals surface area contributed by atoms with Crippen LogP contribution in [-0.4, -0.2) is 35.9 Å². The Hall–Kier alpha value is -1.37. The number of halogens is 1. The van der Waals surface area contributed by atoms with Gasteiger partial charge in [-0.25, -0.2) is 0 Å². The number of aliphatic hydroxyl groups is 1. The topological polar surface area (TPSA) is 84.6 Å². The molecule has 0 radical (unpaired) electrons. The normalized spacial score (nSPS) is 13.8. The molecule has 6 nitrogen and oxygen atoms in total. The van der Waals surface area contributed by atoms with Gasteiger partial charge >= 0.3 is 0 Å². The molecule has 0 aliphatic rings. The predicted octanol–water partition coefficient (Wildman–Crippen LogP) is 2.76. The Labute approximate surface area is 122 Å². The standard InChI is InChI=1S/C13H19ClN2O4/c1-9-6-12(16(18)19)10(14)7-11(9)15-8-13(2,17)4-5-20-3/h6-7,15,17H,4-5,8H2,1-3H3. The van der Waals surface area contributed by atoms with Crippen molar-refractivity contribution in [3.63, 3.8) is 0 Å². The van der Waals surface area contributed by atoms with Crippen molar-refractivity contribution in [2.45, 2.75) is 25.9 Å². The molecule has 0 bridgehead atoms. The lowest BCUT2D eigenvalue weighted by Crippen LogP contribution is -2.34. The zero-order chi connectivity index (χ0) is 15.3. The number of benzene rings is 1. The molecule has 0 aromatic heterocycles. The molecular formula is C13H19ClN2O4. The van der Waals surface area contributed by atoms with Crippen molar-refractivity contribution in [3.8, 4) is 0 Å². The summed E-state index contributed by atoms with van der Waals surface area (Å²) < 4.78 is 4.93. The van der Waals surface area contributed by atoms with Gasteiger partial charge in [-0.2, -0.15) is 0 Å². The minimum atomic E-state index is -0.934. The molecule has 0 heterocycles. The van der Waals surface area contributed by atoms with E-state index in [0.717, 1.165) is 0 Å². The van der Waals surface area contributed by atoms with Crippen LogP contribution in [0.4, 0.5) is 11.4 Å². The molecule has 1 atom stereocenters. The monoisotopic (exact) mass is 302 g/mol. The smallest absolute Gasteiger partial charge is 0.288 e. The second-order valence-electron chi connectivity index (χ2n) is 4.97. The highest BCUT2D eigenvalue weighted by molar-refractivity contribution is 6.33. The number of hydrogen-bond acceptors (Lipinski definition) is 5. The van der Waals surface area contributed by atoms with Gasteiger partial charge in [0.1, 0.15) is 5.02 Å². The Kier molecular flexibility index (Phi) is 5.74. The number of nitrogens with one attached hydrogen (secondary N) is 1. The number of anilines is 1. The number of ether oxygens (including phenoxy) is 1. The van der Waals surface area contributed by atoms with Crippen molar-refractivity contribution in [2.75, 3.05) is 25.6 Å². The molecule has 0 saturated heterocycles. The van der Waals surface area contributed by atoms with Crippen LogP contribution in [0.5, 0.6) is 0 Å². The molecule has 112 valence electrons. The number of methoxy groups -OCH3 is 1. The molecule has 0 fully saturated rings. The molecule has 0 spiro atoms. The highest BCUT2D eigenvalue weighted by atomic mass is 35.5. The minimum Gasteiger partial charge on any atom is -0.388 e. The van der Waals surface area contributed by atoms with Gasteiger partial charge in [0.25, 0.3) is 5.69 Å². The first-order valence-electron chi connectivity index (χ1n) is 6.16. The molecule has 0 aliphatic heterocycles. The third-order valence-electron chi connectivity index (χ3n) is 2.99. The summed E-state index contributed by atoms with van der Waals surface area (Å²) in [5.74, 6) is 0. The molecule has 0 saturated carbocycles. The lowest BCUT2D eigenvalue weighted by molar-refractivity contribution is -0.384. The van der Waals surface area contributed by atoms with Gasteiger partial charge in [-0.05, 0) is 25.5 Å². The summed E-state index contributed by atoms with van der Waals surface area (Å²) in [6.07, 6.45) is 0.482. The van der Waals surface area contributed by atoms with Crippen molar-refractivity contribution < 1.29 is 14.8 Å². The number of hydrogen-bond donors (Lipinski definition) is 2. The first-order valence-corrected chi connectivity index (χ1v) is 6.54. The summed E-state index contributed by atoms with van der Waals surface area (Å²) in [4.78, 5) is 10.2. The van der Waals surface area contributed by atoms with Gasteiger partial charge in [0.05, 0.1) is 10.5 Å². The number of nitrogens with zero attached hydrogens (tertiary/aromatic N) is 1. The Balaban J connectivity index is 2.79. The highest BCUT2D eigenvalue weighted by Crippen LogP contribution is 2.30. The summed E-state index contributed by atoms with van der Waals surface area (Å²) in [5.41, 5.74) is 0.305. The number of rotatable bonds is 7. The first kappa shape index (κ1) is 16.7. The van der Waals surface area contributed by atoms with Crippen molar-refractivity contribution in [1.29, 1.82) is 0 Å². The molecule has 1 rings (SSSR count). The summed E-state index contributed by atoms with van der Waals surface area (Å²) in [5, 5.41) is 24.0. The summed E-state index contributed by atoms with van der Waals surface area (Å²) in [6, 6.07) is 2.91. The van der Waals surface area contributed by atoms with Crippen molar-refractivity contribution >= 4 is 23.0 Å². The molecule has 1 aromatic rings. The van der Waals surface area contributed by atoms with Crippen LogP contribution in [-0.2, 0) is 4.74 Å². The number of aryl methyl sites for hydroxylation is 1. The lowest BCUT2D eigenvalue weighted by Gasteiger charge is -2.24. The fraction of sp³-hybridized carbons (Fsp3) is 0.538. The fourth-order valence-electron chi connectivity index (χ4n) is 1.69. The summed E-state index contributed by atoms with van der Waals surface area (Å²) in [7, 11) is 1.57. The van der Waals surface area contributed by atoms with Crippen LogP contribution in [0.1, 0.15) is 18.9 Å². The maximum Gasteiger partial charge on any atom is 0.288 e. The van der Waals surface area contributed by atoms with E-state index in [2.05, 4.69) is 5.32 Å². The molecule has 0 amide bonds. The first-order chi connectivity index (χ1) is 9.26. The molecule has 7 heteroatoms. The van der Waals surface area contributed by atoms with Gasteiger partial charge in [0.2, 0.25) is 0 Å². The Morgan fingerprint density at radius 3 is 2.75 bits per heavy atom. The van der Waals surface area contributed by atoms with Crippen molar-refractivity contribution in [3.05, 3.63) is 32.8 Å². The highest BCUT2D eigenvalue weighted by Gasteiger charge is 2.21. The molecule has 0 aliphatic carbocycles. The summed E-state index contributed by atoms with van der Waals surface area (Å²) >= 11 is 5.87. The van der Waals surface area contributed by atoms with Gasteiger partial charge in [0.15, 0.2) is 0 Å². The van der Waals surface area contributed by atoms with Crippen molar-refractivity contribution in [2.24, 2.45) is 0 Å². The number of nitro groups is 1. The van der Waals surface area contributed by atoms with Crippen LogP contribution < -0.4 is 5.32 Å². The Morgan fingerprint density at radius 2 is 2.20 bits per heavy atom. The quantitative estimate of drug-likeness (QED) is 0.597. The van der Waals surface area contributed by atoms with Crippen LogP contribution >= 0.6 is 11.6 Å². The van der Waals surface area contributed by atoms with Crippen LogP contribution in [0.3, 0.4) is 0 Å². The van der Waals surface area contributed by atoms with E-state index in [-0.39, 0.29) is 10.7 Å². The molecular weight excluding hydrogens is 284 g/mol. The van der Waals surface area contributed by atoms with Crippen LogP contribution in [0.25, 0.3) is 0 Å². The average molecular weight is 303 g/mol. The van der Waals surface area contributed by atoms with E-state index in [9.17, 15) is 15.2 Å². The maximum atomic E-state index is 10.8. The van der Waals surface area contributed by atoms with Gasteiger partial charge < -0.3 is 15.2 Å². The SMILES string of the molecule is COCCC(C)(O)CNc1cc(Cl)c([N+](=O)[O-])cc1C. The van der Waals surface area contributed by atoms with Crippen molar-refractivity contribution in [1.82, 2.24) is 0 Å². The van der Waals surface area contributed by atoms with Crippen LogP contribution in [0.15, 0.2) is 12.1 Å². The van der Waals surface area contributed by atoms with Gasteiger partial charge in [-0.15, -0.1) is 0 Å². The second-order valence-corrected chi connectivity index (χ2v) is 5.38. The van der Waals surface area contributed by atoms with E-state index in [1.165, 1.54) is 12.1 Å². The molecule has 1 unspecified atom stereocenters. The minimum absolute atomic E-state index is 0.0691. The van der Waals surface area contributed by atoms with E-state index in [0.29, 0.717) is 30.8 Å². The van der Waals surface area contributed by atoms with Gasteiger partial charge in [-0.1, -0.05) is 11.6 Å². The Morgan fingerprint density at radius 1 is 1.55 bits per heavy atom. The van der Waals surface area contributed by atoms with E-state index >= 15 is 0 Å². The zero-order valence-corrected chi connectivity index (χ0v) is 12.5. The lowest BCUT2D eigenvalue weighted by atomic mass is 10.0. The summed E-state index contributed by atoms with van der Waals surface area (Å²) in [6.45, 7) is 4.19. The maximum absolute atomic E-state index is 10.8. The molecule has 20 heavy (non-hydrogen) atoms. The third-order valence-corrected chi connectivity index (χ3v) is 3.30. The second kappa shape index (κ2) is 6.88. The van der Waals surface area contributed by atoms with E-state index in [1.54, 1.807) is 21.0 Å². The van der Waals surface area contributed by atoms with E-state index in [1.807, 2.05) is 0 Å². The molecule has 1 aromatic carbocycles. The van der Waals surface area contributed by atoms with Gasteiger partial charge in [0, 0.05) is 38.4 Å². The predicted molar refractivity (Wildman–Crippen MR) is 78.4 cm³/mol. The fourth-order valence-corrected chi connectivity index (χ4v) is 1.93. The largest absolute Gasteiger partial charge is 0.388 e. The molecule has 2 N–H and O–H groups in total. The van der Waals surface area contributed by atoms with Crippen LogP contribution in [0.2, 0.25) is 5.02 Å². The number of nitro benzene ring substituents is 1. The van der Waals surface area contributed by atoms with Crippen LogP contribution in [0, 0.1) is 17.0 Å².